The number of nitrogens with one attached hydrogen (secondary N) is 4. The highest BCUT2D eigenvalue weighted by atomic mass is 16.2. The van der Waals surface area contributed by atoms with Gasteiger partial charge in [-0.2, -0.15) is 0 Å². The van der Waals surface area contributed by atoms with E-state index < -0.39 is 23.8 Å². The third kappa shape index (κ3) is 10.9. The molecule has 1 fully saturated rings. The number of amides is 3. The van der Waals surface area contributed by atoms with E-state index in [1.165, 1.54) is 19.3 Å². The van der Waals surface area contributed by atoms with Crippen LogP contribution in [0.1, 0.15) is 69.8 Å². The van der Waals surface area contributed by atoms with Gasteiger partial charge >= 0.3 is 0 Å². The van der Waals surface area contributed by atoms with E-state index >= 15 is 0 Å². The number of carbonyl (C=O) groups is 4. The Labute approximate surface area is 214 Å². The van der Waals surface area contributed by atoms with Gasteiger partial charge < -0.3 is 27.0 Å². The molecule has 0 heterocycles. The summed E-state index contributed by atoms with van der Waals surface area (Å²) in [5, 5.41) is 11.4. The molecule has 1 aliphatic carbocycles. The first kappa shape index (κ1) is 29.5. The van der Waals surface area contributed by atoms with Gasteiger partial charge in [0, 0.05) is 20.0 Å². The van der Waals surface area contributed by atoms with Crippen molar-refractivity contribution >= 4 is 23.5 Å². The highest BCUT2D eigenvalue weighted by molar-refractivity contribution is 6.38. The van der Waals surface area contributed by atoms with Gasteiger partial charge in [-0.15, -0.1) is 0 Å². The van der Waals surface area contributed by atoms with E-state index in [2.05, 4.69) is 21.3 Å². The summed E-state index contributed by atoms with van der Waals surface area (Å²) in [5.41, 5.74) is 6.48. The van der Waals surface area contributed by atoms with Crippen LogP contribution in [0.15, 0.2) is 30.3 Å². The zero-order chi connectivity index (χ0) is 26.2. The third-order valence-electron chi connectivity index (χ3n) is 6.73. The Morgan fingerprint density at radius 2 is 1.69 bits per heavy atom. The van der Waals surface area contributed by atoms with E-state index in [4.69, 9.17) is 5.73 Å². The number of benzene rings is 1. The molecule has 0 aromatic heterocycles. The highest BCUT2D eigenvalue weighted by Crippen LogP contribution is 2.23. The van der Waals surface area contributed by atoms with Crippen LogP contribution in [0.3, 0.4) is 0 Å². The molecule has 0 aliphatic heterocycles. The monoisotopic (exact) mass is 501 g/mol. The molecule has 1 aromatic carbocycles. The van der Waals surface area contributed by atoms with Gasteiger partial charge in [-0.3, -0.25) is 19.2 Å². The summed E-state index contributed by atoms with van der Waals surface area (Å²) in [4.78, 5) is 50.7. The molecule has 0 bridgehead atoms. The van der Waals surface area contributed by atoms with E-state index in [1.54, 1.807) is 7.05 Å². The summed E-state index contributed by atoms with van der Waals surface area (Å²) in [7, 11) is 1.56. The molecule has 3 amide bonds. The fraction of sp³-hybridized carbons (Fsp3) is 0.630. The molecular formula is C27H43N5O4. The predicted octanol–water partition coefficient (Wildman–Crippen LogP) is 1.55. The van der Waals surface area contributed by atoms with Crippen LogP contribution in [0.25, 0.3) is 0 Å². The second-order valence-corrected chi connectivity index (χ2v) is 9.55. The average molecular weight is 502 g/mol. The fourth-order valence-corrected chi connectivity index (χ4v) is 4.48. The summed E-state index contributed by atoms with van der Waals surface area (Å²) in [5.74, 6) is -1.41. The summed E-state index contributed by atoms with van der Waals surface area (Å²) < 4.78 is 0. The van der Waals surface area contributed by atoms with Crippen molar-refractivity contribution < 1.29 is 19.2 Å². The van der Waals surface area contributed by atoms with Crippen molar-refractivity contribution in [3.05, 3.63) is 35.9 Å². The number of nitrogens with two attached hydrogens (primary N) is 1. The molecule has 0 radical (unpaired) electrons. The van der Waals surface area contributed by atoms with Crippen LogP contribution in [0.5, 0.6) is 0 Å². The van der Waals surface area contributed by atoms with E-state index in [0.717, 1.165) is 18.4 Å². The molecule has 6 N–H and O–H groups in total. The number of Topliss-reactive ketones (excluding diaryl/α,β-unsaturated/α-hetero) is 1. The molecule has 1 aromatic rings. The Morgan fingerprint density at radius 3 is 2.36 bits per heavy atom. The average Bonchev–Trinajstić information content (AvgIpc) is 2.91. The van der Waals surface area contributed by atoms with Crippen LogP contribution in [0.4, 0.5) is 0 Å². The first-order valence-electron chi connectivity index (χ1n) is 13.2. The van der Waals surface area contributed by atoms with Gasteiger partial charge in [0.1, 0.15) is 0 Å². The Bertz CT molecular complexity index is 827. The summed E-state index contributed by atoms with van der Waals surface area (Å²) >= 11 is 0. The van der Waals surface area contributed by atoms with Crippen LogP contribution >= 0.6 is 0 Å². The Hall–Kier alpha value is -2.78. The molecule has 2 rings (SSSR count). The fourth-order valence-electron chi connectivity index (χ4n) is 4.48. The Kier molecular flexibility index (Phi) is 13.8. The Balaban J connectivity index is 2.02. The van der Waals surface area contributed by atoms with Gasteiger partial charge in [0.2, 0.25) is 17.6 Å². The number of hydrogen-bond acceptors (Lipinski definition) is 6. The Morgan fingerprint density at radius 1 is 0.972 bits per heavy atom. The van der Waals surface area contributed by atoms with Gasteiger partial charge in [0.15, 0.2) is 0 Å². The molecule has 200 valence electrons. The van der Waals surface area contributed by atoms with Crippen LogP contribution in [0, 0.1) is 5.92 Å². The smallest absolute Gasteiger partial charge is 0.289 e. The number of hydrogen-bond donors (Lipinski definition) is 5. The second kappa shape index (κ2) is 16.8. The van der Waals surface area contributed by atoms with E-state index in [1.807, 2.05) is 30.3 Å². The lowest BCUT2D eigenvalue weighted by atomic mass is 9.89. The lowest BCUT2D eigenvalue weighted by molar-refractivity contribution is -0.140. The topological polar surface area (TPSA) is 142 Å². The minimum atomic E-state index is -0.946. The molecule has 9 heteroatoms. The maximum atomic E-state index is 13.3. The summed E-state index contributed by atoms with van der Waals surface area (Å²) in [6.45, 7) is 1.38. The predicted molar refractivity (Wildman–Crippen MR) is 140 cm³/mol. The molecule has 0 spiro atoms. The molecule has 2 atom stereocenters. The van der Waals surface area contributed by atoms with E-state index in [9.17, 15) is 19.2 Å². The highest BCUT2D eigenvalue weighted by Gasteiger charge is 2.29. The van der Waals surface area contributed by atoms with Gasteiger partial charge in [-0.1, -0.05) is 49.6 Å². The molecule has 36 heavy (non-hydrogen) atoms. The second-order valence-electron chi connectivity index (χ2n) is 9.55. The van der Waals surface area contributed by atoms with Crippen molar-refractivity contribution in [3.63, 3.8) is 0 Å². The van der Waals surface area contributed by atoms with Crippen molar-refractivity contribution in [2.75, 3.05) is 20.1 Å². The van der Waals surface area contributed by atoms with Crippen molar-refractivity contribution in [1.29, 1.82) is 0 Å². The first-order chi connectivity index (χ1) is 17.4. The van der Waals surface area contributed by atoms with Crippen molar-refractivity contribution in [2.24, 2.45) is 11.7 Å². The molecule has 9 nitrogen and oxygen atoms in total. The van der Waals surface area contributed by atoms with Crippen molar-refractivity contribution in [2.45, 2.75) is 82.8 Å². The van der Waals surface area contributed by atoms with Crippen molar-refractivity contribution in [1.82, 2.24) is 21.3 Å². The first-order valence-corrected chi connectivity index (χ1v) is 13.2. The third-order valence-corrected chi connectivity index (χ3v) is 6.73. The molecule has 1 aliphatic rings. The molecule has 1 saturated carbocycles. The van der Waals surface area contributed by atoms with Gasteiger partial charge in [0.05, 0.1) is 12.1 Å². The van der Waals surface area contributed by atoms with Gasteiger partial charge in [-0.25, -0.2) is 0 Å². The maximum absolute atomic E-state index is 13.3. The molecular weight excluding hydrogens is 458 g/mol. The van der Waals surface area contributed by atoms with Crippen LogP contribution < -0.4 is 27.0 Å². The minimum Gasteiger partial charge on any atom is -0.359 e. The quantitative estimate of drug-likeness (QED) is 0.172. The number of rotatable bonds is 16. The molecule has 1 unspecified atom stereocenters. The van der Waals surface area contributed by atoms with E-state index in [0.29, 0.717) is 44.7 Å². The summed E-state index contributed by atoms with van der Waals surface area (Å²) in [6, 6.07) is 7.75. The lowest BCUT2D eigenvalue weighted by Gasteiger charge is -2.26. The number of ketones is 1. The van der Waals surface area contributed by atoms with E-state index in [-0.39, 0.29) is 24.8 Å². The summed E-state index contributed by atoms with van der Waals surface area (Å²) in [6.07, 6.45) is 7.99. The van der Waals surface area contributed by atoms with Crippen molar-refractivity contribution in [3.8, 4) is 0 Å². The zero-order valence-corrected chi connectivity index (χ0v) is 21.5. The molecule has 0 saturated heterocycles. The van der Waals surface area contributed by atoms with Crippen LogP contribution in [-0.2, 0) is 25.7 Å². The largest absolute Gasteiger partial charge is 0.359 e. The van der Waals surface area contributed by atoms with Gasteiger partial charge in [-0.05, 0) is 63.1 Å². The number of unbranched alkanes of at least 4 members (excludes halogenated alkanes) is 1. The van der Waals surface area contributed by atoms with Crippen LogP contribution in [-0.4, -0.2) is 55.7 Å². The lowest BCUT2D eigenvalue weighted by Crippen LogP contribution is -2.53. The minimum absolute atomic E-state index is 0.150. The standard InChI is InChI=1S/C27H43N5O4/c1-29-24(33)16-15-23(30-18-20-10-4-2-5-11-20)26(35)32-22(14-8-9-17-28)25(34)27(36)31-19-21-12-6-3-7-13-21/h3,6-7,12-13,20,22-23,30H,2,4-5,8-11,14-19,28H2,1H3,(H,29,33)(H,31,36)(H,32,35)/t22?,23-/m0/s1. The normalized spacial score (nSPS) is 15.5. The zero-order valence-electron chi connectivity index (χ0n) is 21.5. The SMILES string of the molecule is CNC(=O)CC[C@H](NCC1CCCCC1)C(=O)NC(CCCCN)C(=O)C(=O)NCc1ccccc1. The van der Waals surface area contributed by atoms with Gasteiger partial charge in [0.25, 0.3) is 5.91 Å². The van der Waals surface area contributed by atoms with Crippen LogP contribution in [0.2, 0.25) is 0 Å². The number of carbonyl (C=O) groups excluding carboxylic acids is 4. The maximum Gasteiger partial charge on any atom is 0.289 e.